The lowest BCUT2D eigenvalue weighted by molar-refractivity contribution is 0.207. The summed E-state index contributed by atoms with van der Waals surface area (Å²) >= 11 is 0. The average molecular weight is 268 g/mol. The lowest BCUT2D eigenvalue weighted by Crippen LogP contribution is -2.31. The van der Waals surface area contributed by atoms with E-state index in [1.54, 1.807) is 0 Å². The zero-order chi connectivity index (χ0) is 14.4. The normalized spacial score (nSPS) is 12.6. The standard InChI is InChI=1S/C18H24N2/c1-15-8-10-18(11-9-15)16(2)20(13-12-19)14-17-6-4-3-5-7-17/h3-11,16H,12-14,19H2,1-2H3. The molecule has 1 unspecified atom stereocenters. The molecule has 0 aliphatic carbocycles. The van der Waals surface area contributed by atoms with Crippen LogP contribution in [0, 0.1) is 6.92 Å². The second-order valence-electron chi connectivity index (χ2n) is 5.33. The van der Waals surface area contributed by atoms with Crippen LogP contribution in [0.3, 0.4) is 0 Å². The number of nitrogens with two attached hydrogens (primary N) is 1. The summed E-state index contributed by atoms with van der Waals surface area (Å²) in [5, 5.41) is 0. The van der Waals surface area contributed by atoms with Gasteiger partial charge in [-0.3, -0.25) is 4.90 Å². The van der Waals surface area contributed by atoms with Crippen molar-refractivity contribution < 1.29 is 0 Å². The molecule has 106 valence electrons. The Morgan fingerprint density at radius 1 is 1.00 bits per heavy atom. The summed E-state index contributed by atoms with van der Waals surface area (Å²) in [6.07, 6.45) is 0. The highest BCUT2D eigenvalue weighted by Gasteiger charge is 2.15. The molecule has 0 saturated carbocycles. The Morgan fingerprint density at radius 2 is 1.65 bits per heavy atom. The maximum Gasteiger partial charge on any atom is 0.0323 e. The predicted octanol–water partition coefficient (Wildman–Crippen LogP) is 3.52. The van der Waals surface area contributed by atoms with Gasteiger partial charge in [0.15, 0.2) is 0 Å². The first-order valence-corrected chi connectivity index (χ1v) is 7.25. The fourth-order valence-corrected chi connectivity index (χ4v) is 2.45. The Bertz CT molecular complexity index is 505. The Labute approximate surface area is 122 Å². The average Bonchev–Trinajstić information content (AvgIpc) is 2.48. The molecule has 0 aliphatic heterocycles. The highest BCUT2D eigenvalue weighted by atomic mass is 15.2. The van der Waals surface area contributed by atoms with Crippen LogP contribution in [0.1, 0.15) is 29.7 Å². The minimum absolute atomic E-state index is 0.374. The van der Waals surface area contributed by atoms with Crippen molar-refractivity contribution in [2.75, 3.05) is 13.1 Å². The first-order valence-electron chi connectivity index (χ1n) is 7.25. The number of hydrogen-bond acceptors (Lipinski definition) is 2. The maximum absolute atomic E-state index is 5.78. The fourth-order valence-electron chi connectivity index (χ4n) is 2.45. The molecule has 0 heterocycles. The number of benzene rings is 2. The summed E-state index contributed by atoms with van der Waals surface area (Å²) in [4.78, 5) is 2.43. The van der Waals surface area contributed by atoms with Crippen LogP contribution in [0.5, 0.6) is 0 Å². The topological polar surface area (TPSA) is 29.3 Å². The zero-order valence-corrected chi connectivity index (χ0v) is 12.4. The van der Waals surface area contributed by atoms with Crippen LogP contribution in [0.15, 0.2) is 54.6 Å². The first-order chi connectivity index (χ1) is 9.70. The van der Waals surface area contributed by atoms with Gasteiger partial charge in [0.1, 0.15) is 0 Å². The minimum atomic E-state index is 0.374. The second kappa shape index (κ2) is 7.22. The SMILES string of the molecule is Cc1ccc(C(C)N(CCN)Cc2ccccc2)cc1. The molecule has 1 atom stereocenters. The summed E-state index contributed by atoms with van der Waals surface area (Å²) in [6.45, 7) is 6.90. The third-order valence-corrected chi connectivity index (χ3v) is 3.75. The molecule has 0 aromatic heterocycles. The largest absolute Gasteiger partial charge is 0.329 e. The van der Waals surface area contributed by atoms with E-state index in [2.05, 4.69) is 73.3 Å². The van der Waals surface area contributed by atoms with Crippen molar-refractivity contribution in [3.05, 3.63) is 71.3 Å². The molecular weight excluding hydrogens is 244 g/mol. The molecule has 0 saturated heterocycles. The number of aryl methyl sites for hydroxylation is 1. The molecule has 20 heavy (non-hydrogen) atoms. The molecule has 0 bridgehead atoms. The summed E-state index contributed by atoms with van der Waals surface area (Å²) in [5.41, 5.74) is 9.76. The number of hydrogen-bond donors (Lipinski definition) is 1. The molecule has 2 aromatic carbocycles. The molecule has 2 nitrogen and oxygen atoms in total. The molecule has 2 heteroatoms. The van der Waals surface area contributed by atoms with E-state index in [1.807, 2.05) is 0 Å². The van der Waals surface area contributed by atoms with Crippen molar-refractivity contribution in [2.24, 2.45) is 5.73 Å². The van der Waals surface area contributed by atoms with Gasteiger partial charge >= 0.3 is 0 Å². The van der Waals surface area contributed by atoms with E-state index >= 15 is 0 Å². The van der Waals surface area contributed by atoms with Crippen molar-refractivity contribution in [2.45, 2.75) is 26.4 Å². The Kier molecular flexibility index (Phi) is 5.33. The van der Waals surface area contributed by atoms with Gasteiger partial charge in [-0.15, -0.1) is 0 Å². The second-order valence-corrected chi connectivity index (χ2v) is 5.33. The van der Waals surface area contributed by atoms with Gasteiger partial charge in [-0.1, -0.05) is 60.2 Å². The summed E-state index contributed by atoms with van der Waals surface area (Å²) in [6, 6.07) is 19.7. The van der Waals surface area contributed by atoms with Gasteiger partial charge in [0.05, 0.1) is 0 Å². The quantitative estimate of drug-likeness (QED) is 0.868. The zero-order valence-electron chi connectivity index (χ0n) is 12.4. The van der Waals surface area contributed by atoms with Crippen LogP contribution in [0.25, 0.3) is 0 Å². The maximum atomic E-state index is 5.78. The van der Waals surface area contributed by atoms with Gasteiger partial charge in [-0.25, -0.2) is 0 Å². The van der Waals surface area contributed by atoms with E-state index in [0.29, 0.717) is 12.6 Å². The van der Waals surface area contributed by atoms with Crippen LogP contribution in [-0.2, 0) is 6.54 Å². The molecule has 2 N–H and O–H groups in total. The molecule has 2 aromatic rings. The van der Waals surface area contributed by atoms with E-state index in [1.165, 1.54) is 16.7 Å². The van der Waals surface area contributed by atoms with E-state index in [9.17, 15) is 0 Å². The predicted molar refractivity (Wildman–Crippen MR) is 85.5 cm³/mol. The van der Waals surface area contributed by atoms with Crippen LogP contribution in [0.4, 0.5) is 0 Å². The minimum Gasteiger partial charge on any atom is -0.329 e. The smallest absolute Gasteiger partial charge is 0.0323 e. The summed E-state index contributed by atoms with van der Waals surface area (Å²) < 4.78 is 0. The Hall–Kier alpha value is -1.64. The third kappa shape index (κ3) is 3.92. The summed E-state index contributed by atoms with van der Waals surface area (Å²) in [7, 11) is 0. The Balaban J connectivity index is 2.13. The van der Waals surface area contributed by atoms with E-state index < -0.39 is 0 Å². The van der Waals surface area contributed by atoms with Gasteiger partial charge < -0.3 is 5.73 Å². The van der Waals surface area contributed by atoms with Crippen molar-refractivity contribution >= 4 is 0 Å². The van der Waals surface area contributed by atoms with Crippen molar-refractivity contribution in [1.82, 2.24) is 4.90 Å². The van der Waals surface area contributed by atoms with Gasteiger partial charge in [0, 0.05) is 25.7 Å². The number of nitrogens with zero attached hydrogens (tertiary/aromatic N) is 1. The summed E-state index contributed by atoms with van der Waals surface area (Å²) in [5.74, 6) is 0. The first kappa shape index (κ1) is 14.8. The lowest BCUT2D eigenvalue weighted by atomic mass is 10.0. The Morgan fingerprint density at radius 3 is 2.25 bits per heavy atom. The van der Waals surface area contributed by atoms with Crippen LogP contribution in [-0.4, -0.2) is 18.0 Å². The fraction of sp³-hybridized carbons (Fsp3) is 0.333. The van der Waals surface area contributed by atoms with Gasteiger partial charge in [0.25, 0.3) is 0 Å². The van der Waals surface area contributed by atoms with E-state index in [4.69, 9.17) is 5.73 Å². The molecule has 0 radical (unpaired) electrons. The van der Waals surface area contributed by atoms with Crippen molar-refractivity contribution in [3.63, 3.8) is 0 Å². The van der Waals surface area contributed by atoms with Gasteiger partial charge in [-0.2, -0.15) is 0 Å². The highest BCUT2D eigenvalue weighted by molar-refractivity contribution is 5.24. The molecule has 2 rings (SSSR count). The monoisotopic (exact) mass is 268 g/mol. The third-order valence-electron chi connectivity index (χ3n) is 3.75. The molecule has 0 amide bonds. The lowest BCUT2D eigenvalue weighted by Gasteiger charge is -2.29. The van der Waals surface area contributed by atoms with Crippen molar-refractivity contribution in [1.29, 1.82) is 0 Å². The van der Waals surface area contributed by atoms with Gasteiger partial charge in [-0.05, 0) is 25.0 Å². The van der Waals surface area contributed by atoms with Gasteiger partial charge in [0.2, 0.25) is 0 Å². The van der Waals surface area contributed by atoms with Crippen molar-refractivity contribution in [3.8, 4) is 0 Å². The molecular formula is C18H24N2. The van der Waals surface area contributed by atoms with Crippen LogP contribution in [0.2, 0.25) is 0 Å². The number of rotatable bonds is 6. The van der Waals surface area contributed by atoms with Crippen LogP contribution < -0.4 is 5.73 Å². The van der Waals surface area contributed by atoms with E-state index in [-0.39, 0.29) is 0 Å². The molecule has 0 spiro atoms. The molecule has 0 fully saturated rings. The highest BCUT2D eigenvalue weighted by Crippen LogP contribution is 2.22. The van der Waals surface area contributed by atoms with Crippen LogP contribution >= 0.6 is 0 Å². The van der Waals surface area contributed by atoms with E-state index in [0.717, 1.165) is 13.1 Å². The molecule has 0 aliphatic rings.